The standard InChI is InChI=1S/C13H20N2O2/c1-3-9-17-12-8-6-5-7-11(12)15-13(16)10(14)4-2/h5-8,10H,3-4,9,14H2,1-2H3,(H,15,16)/t10-/m1/s1. The van der Waals surface area contributed by atoms with Crippen molar-refractivity contribution in [2.45, 2.75) is 32.7 Å². The van der Waals surface area contributed by atoms with Crippen LogP contribution in [0.1, 0.15) is 26.7 Å². The molecular formula is C13H20N2O2. The number of hydrogen-bond acceptors (Lipinski definition) is 3. The molecule has 1 aromatic rings. The smallest absolute Gasteiger partial charge is 0.241 e. The molecule has 0 saturated heterocycles. The van der Waals surface area contributed by atoms with Crippen LogP contribution in [-0.2, 0) is 4.79 Å². The Balaban J connectivity index is 2.72. The highest BCUT2D eigenvalue weighted by Gasteiger charge is 2.13. The summed E-state index contributed by atoms with van der Waals surface area (Å²) in [6, 6.07) is 6.90. The van der Waals surface area contributed by atoms with Gasteiger partial charge in [-0.15, -0.1) is 0 Å². The Morgan fingerprint density at radius 2 is 2.12 bits per heavy atom. The summed E-state index contributed by atoms with van der Waals surface area (Å²) in [7, 11) is 0. The monoisotopic (exact) mass is 236 g/mol. The van der Waals surface area contributed by atoms with Gasteiger partial charge in [0.15, 0.2) is 0 Å². The lowest BCUT2D eigenvalue weighted by atomic mass is 10.2. The predicted molar refractivity (Wildman–Crippen MR) is 69.1 cm³/mol. The lowest BCUT2D eigenvalue weighted by molar-refractivity contribution is -0.117. The van der Waals surface area contributed by atoms with Crippen molar-refractivity contribution in [3.63, 3.8) is 0 Å². The van der Waals surface area contributed by atoms with Crippen molar-refractivity contribution in [2.75, 3.05) is 11.9 Å². The summed E-state index contributed by atoms with van der Waals surface area (Å²) >= 11 is 0. The fourth-order valence-electron chi connectivity index (χ4n) is 1.32. The van der Waals surface area contributed by atoms with Gasteiger partial charge in [-0.05, 0) is 25.0 Å². The lowest BCUT2D eigenvalue weighted by Crippen LogP contribution is -2.34. The molecule has 3 N–H and O–H groups in total. The largest absolute Gasteiger partial charge is 0.491 e. The number of nitrogens with two attached hydrogens (primary N) is 1. The molecule has 1 amide bonds. The van der Waals surface area contributed by atoms with E-state index < -0.39 is 6.04 Å². The fourth-order valence-corrected chi connectivity index (χ4v) is 1.32. The first kappa shape index (κ1) is 13.5. The Kier molecular flexibility index (Phi) is 5.49. The highest BCUT2D eigenvalue weighted by molar-refractivity contribution is 5.95. The van der Waals surface area contributed by atoms with Crippen LogP contribution >= 0.6 is 0 Å². The summed E-state index contributed by atoms with van der Waals surface area (Å²) in [5.41, 5.74) is 6.34. The van der Waals surface area contributed by atoms with Crippen molar-refractivity contribution >= 4 is 11.6 Å². The van der Waals surface area contributed by atoms with Crippen LogP contribution in [0.4, 0.5) is 5.69 Å². The van der Waals surface area contributed by atoms with Crippen molar-refractivity contribution in [3.8, 4) is 5.75 Å². The van der Waals surface area contributed by atoms with Crippen LogP contribution in [0.5, 0.6) is 5.75 Å². The van der Waals surface area contributed by atoms with Crippen molar-refractivity contribution in [2.24, 2.45) is 5.73 Å². The van der Waals surface area contributed by atoms with Gasteiger partial charge in [-0.25, -0.2) is 0 Å². The SMILES string of the molecule is CCCOc1ccccc1NC(=O)[C@H](N)CC. The number of hydrogen-bond donors (Lipinski definition) is 2. The van der Waals surface area contributed by atoms with Crippen molar-refractivity contribution in [3.05, 3.63) is 24.3 Å². The highest BCUT2D eigenvalue weighted by atomic mass is 16.5. The second kappa shape index (κ2) is 6.91. The lowest BCUT2D eigenvalue weighted by Gasteiger charge is -2.14. The normalized spacial score (nSPS) is 11.9. The van der Waals surface area contributed by atoms with Crippen LogP contribution in [0.15, 0.2) is 24.3 Å². The number of amides is 1. The molecule has 0 aliphatic rings. The quantitative estimate of drug-likeness (QED) is 0.795. The Labute approximate surface area is 102 Å². The van der Waals surface area contributed by atoms with E-state index in [4.69, 9.17) is 10.5 Å². The third-order valence-electron chi connectivity index (χ3n) is 2.38. The maximum Gasteiger partial charge on any atom is 0.241 e. The van der Waals surface area contributed by atoms with Gasteiger partial charge in [-0.2, -0.15) is 0 Å². The van der Waals surface area contributed by atoms with E-state index in [1.54, 1.807) is 0 Å². The highest BCUT2D eigenvalue weighted by Crippen LogP contribution is 2.23. The molecule has 17 heavy (non-hydrogen) atoms. The molecule has 0 radical (unpaired) electrons. The number of carbonyl (C=O) groups is 1. The van der Waals surface area contributed by atoms with Gasteiger partial charge in [-0.1, -0.05) is 26.0 Å². The van der Waals surface area contributed by atoms with Crippen molar-refractivity contribution < 1.29 is 9.53 Å². The third kappa shape index (κ3) is 4.07. The Bertz CT molecular complexity index is 366. The van der Waals surface area contributed by atoms with Gasteiger partial charge in [0, 0.05) is 0 Å². The van der Waals surface area contributed by atoms with E-state index in [-0.39, 0.29) is 5.91 Å². The second-order valence-electron chi connectivity index (χ2n) is 3.85. The molecule has 0 unspecified atom stereocenters. The number of anilines is 1. The molecule has 94 valence electrons. The molecule has 4 nitrogen and oxygen atoms in total. The maximum absolute atomic E-state index is 11.7. The van der Waals surface area contributed by atoms with Crippen LogP contribution in [-0.4, -0.2) is 18.6 Å². The minimum absolute atomic E-state index is 0.181. The molecule has 0 fully saturated rings. The molecule has 1 atom stereocenters. The number of para-hydroxylation sites is 2. The zero-order valence-electron chi connectivity index (χ0n) is 10.4. The summed E-state index contributed by atoms with van der Waals surface area (Å²) in [4.78, 5) is 11.7. The van der Waals surface area contributed by atoms with Crippen LogP contribution in [0.25, 0.3) is 0 Å². The summed E-state index contributed by atoms with van der Waals surface area (Å²) < 4.78 is 5.55. The first-order chi connectivity index (χ1) is 8.19. The number of nitrogens with one attached hydrogen (secondary N) is 1. The topological polar surface area (TPSA) is 64.3 Å². The molecule has 1 rings (SSSR count). The molecule has 1 aromatic carbocycles. The van der Waals surface area contributed by atoms with Crippen LogP contribution in [0.3, 0.4) is 0 Å². The second-order valence-corrected chi connectivity index (χ2v) is 3.85. The summed E-state index contributed by atoms with van der Waals surface area (Å²) in [6.45, 7) is 4.55. The summed E-state index contributed by atoms with van der Waals surface area (Å²) in [5, 5.41) is 2.78. The zero-order valence-corrected chi connectivity index (χ0v) is 10.4. The summed E-state index contributed by atoms with van der Waals surface area (Å²) in [5.74, 6) is 0.506. The zero-order chi connectivity index (χ0) is 12.7. The molecule has 0 saturated carbocycles. The molecule has 0 heterocycles. The molecular weight excluding hydrogens is 216 g/mol. The average molecular weight is 236 g/mol. The molecule has 0 aromatic heterocycles. The third-order valence-corrected chi connectivity index (χ3v) is 2.38. The molecule has 0 aliphatic carbocycles. The van der Waals surface area contributed by atoms with Crippen molar-refractivity contribution in [1.29, 1.82) is 0 Å². The van der Waals surface area contributed by atoms with E-state index in [0.717, 1.165) is 6.42 Å². The van der Waals surface area contributed by atoms with Crippen LogP contribution in [0, 0.1) is 0 Å². The number of carbonyl (C=O) groups excluding carboxylic acids is 1. The summed E-state index contributed by atoms with van der Waals surface area (Å²) in [6.07, 6.45) is 1.54. The average Bonchev–Trinajstić information content (AvgIpc) is 2.36. The molecule has 4 heteroatoms. The van der Waals surface area contributed by atoms with E-state index in [1.807, 2.05) is 38.1 Å². The first-order valence-corrected chi connectivity index (χ1v) is 5.97. The fraction of sp³-hybridized carbons (Fsp3) is 0.462. The van der Waals surface area contributed by atoms with Gasteiger partial charge in [0.25, 0.3) is 0 Å². The minimum Gasteiger partial charge on any atom is -0.491 e. The van der Waals surface area contributed by atoms with Gasteiger partial charge < -0.3 is 15.8 Å². The Morgan fingerprint density at radius 1 is 1.41 bits per heavy atom. The van der Waals surface area contributed by atoms with Gasteiger partial charge in [0.05, 0.1) is 18.3 Å². The van der Waals surface area contributed by atoms with E-state index >= 15 is 0 Å². The van der Waals surface area contributed by atoms with Crippen LogP contribution in [0.2, 0.25) is 0 Å². The number of ether oxygens (including phenoxy) is 1. The van der Waals surface area contributed by atoms with Gasteiger partial charge in [-0.3, -0.25) is 4.79 Å². The van der Waals surface area contributed by atoms with Gasteiger partial charge >= 0.3 is 0 Å². The van der Waals surface area contributed by atoms with Gasteiger partial charge in [0.2, 0.25) is 5.91 Å². The predicted octanol–water partition coefficient (Wildman–Crippen LogP) is 2.15. The maximum atomic E-state index is 11.7. The Morgan fingerprint density at radius 3 is 2.76 bits per heavy atom. The molecule has 0 spiro atoms. The van der Waals surface area contributed by atoms with E-state index in [1.165, 1.54) is 0 Å². The number of benzene rings is 1. The first-order valence-electron chi connectivity index (χ1n) is 5.97. The van der Waals surface area contributed by atoms with E-state index in [9.17, 15) is 4.79 Å². The van der Waals surface area contributed by atoms with Crippen molar-refractivity contribution in [1.82, 2.24) is 0 Å². The minimum atomic E-state index is -0.478. The molecule has 0 aliphatic heterocycles. The van der Waals surface area contributed by atoms with Crippen LogP contribution < -0.4 is 15.8 Å². The van der Waals surface area contributed by atoms with E-state index in [0.29, 0.717) is 24.5 Å². The van der Waals surface area contributed by atoms with E-state index in [2.05, 4.69) is 5.32 Å². The number of rotatable bonds is 6. The molecule has 0 bridgehead atoms. The Hall–Kier alpha value is -1.55. The van der Waals surface area contributed by atoms with Gasteiger partial charge in [0.1, 0.15) is 5.75 Å².